The fourth-order valence-corrected chi connectivity index (χ4v) is 1.36. The number of benzene rings is 1. The number of alkyl halides is 1. The molecule has 1 nitrogen and oxygen atoms in total. The van der Waals surface area contributed by atoms with Crippen molar-refractivity contribution < 1.29 is 13.2 Å². The van der Waals surface area contributed by atoms with Crippen molar-refractivity contribution in [2.24, 2.45) is 5.73 Å². The predicted molar refractivity (Wildman–Crippen MR) is 56.1 cm³/mol. The summed E-state index contributed by atoms with van der Waals surface area (Å²) < 4.78 is 38.2. The highest BCUT2D eigenvalue weighted by molar-refractivity contribution is 6.30. The van der Waals surface area contributed by atoms with Crippen LogP contribution in [0.4, 0.5) is 13.2 Å². The molecule has 0 aliphatic rings. The maximum Gasteiger partial charge on any atom is 0.132 e. The molecule has 0 saturated carbocycles. The highest BCUT2D eigenvalue weighted by Crippen LogP contribution is 2.24. The van der Waals surface area contributed by atoms with E-state index in [0.29, 0.717) is 0 Å². The second-order valence-electron chi connectivity index (χ2n) is 2.87. The summed E-state index contributed by atoms with van der Waals surface area (Å²) in [5, 5.41) is -0.0452. The van der Waals surface area contributed by atoms with Gasteiger partial charge in [-0.1, -0.05) is 11.6 Å². The normalized spacial score (nSPS) is 12.1. The first-order valence-corrected chi connectivity index (χ1v) is 4.40. The Kier molecular flexibility index (Phi) is 6.02. The number of halogens is 5. The van der Waals surface area contributed by atoms with Gasteiger partial charge in [-0.15, -0.1) is 12.4 Å². The summed E-state index contributed by atoms with van der Waals surface area (Å²) in [6.07, 6.45) is -0.116. The highest BCUT2D eigenvalue weighted by atomic mass is 35.5. The van der Waals surface area contributed by atoms with Crippen LogP contribution >= 0.6 is 24.0 Å². The van der Waals surface area contributed by atoms with E-state index in [-0.39, 0.29) is 29.4 Å². The van der Waals surface area contributed by atoms with Crippen LogP contribution in [0.1, 0.15) is 18.0 Å². The van der Waals surface area contributed by atoms with Crippen molar-refractivity contribution in [1.82, 2.24) is 0 Å². The Hall–Kier alpha value is -0.450. The molecule has 0 unspecified atom stereocenters. The van der Waals surface area contributed by atoms with E-state index < -0.39 is 24.4 Å². The molecule has 0 bridgehead atoms. The van der Waals surface area contributed by atoms with Crippen LogP contribution < -0.4 is 5.73 Å². The molecule has 1 atom stereocenters. The van der Waals surface area contributed by atoms with Gasteiger partial charge >= 0.3 is 0 Å². The molecule has 6 heteroatoms. The van der Waals surface area contributed by atoms with Crippen molar-refractivity contribution in [2.45, 2.75) is 12.5 Å². The Morgan fingerprint density at radius 1 is 1.27 bits per heavy atom. The van der Waals surface area contributed by atoms with Crippen molar-refractivity contribution in [1.29, 1.82) is 0 Å². The number of hydrogen-bond acceptors (Lipinski definition) is 1. The fraction of sp³-hybridized carbons (Fsp3) is 0.333. The molecule has 0 fully saturated rings. The van der Waals surface area contributed by atoms with E-state index in [1.54, 1.807) is 0 Å². The third-order valence-corrected chi connectivity index (χ3v) is 2.05. The smallest absolute Gasteiger partial charge is 0.132 e. The lowest BCUT2D eigenvalue weighted by molar-refractivity contribution is 0.425. The first kappa shape index (κ1) is 14.6. The van der Waals surface area contributed by atoms with Crippen molar-refractivity contribution >= 4 is 24.0 Å². The number of nitrogens with two attached hydrogens (primary N) is 1. The third-order valence-electron chi connectivity index (χ3n) is 1.83. The van der Waals surface area contributed by atoms with Crippen LogP contribution in [0, 0.1) is 11.6 Å². The summed E-state index contributed by atoms with van der Waals surface area (Å²) in [7, 11) is 0. The van der Waals surface area contributed by atoms with E-state index in [9.17, 15) is 13.2 Å². The van der Waals surface area contributed by atoms with Gasteiger partial charge in [0.25, 0.3) is 0 Å². The molecule has 1 rings (SSSR count). The van der Waals surface area contributed by atoms with Crippen molar-refractivity contribution in [2.75, 3.05) is 6.67 Å². The Balaban J connectivity index is 0.00000196. The molecule has 0 aromatic heterocycles. The molecular formula is C9H10Cl2F3N. The molecule has 0 spiro atoms. The first-order chi connectivity index (χ1) is 6.56. The lowest BCUT2D eigenvalue weighted by atomic mass is 10.0. The Bertz CT molecular complexity index is 310. The monoisotopic (exact) mass is 259 g/mol. The van der Waals surface area contributed by atoms with E-state index >= 15 is 0 Å². The molecule has 0 aliphatic heterocycles. The van der Waals surface area contributed by atoms with Gasteiger partial charge in [-0.05, 0) is 18.6 Å². The van der Waals surface area contributed by atoms with Gasteiger partial charge in [-0.25, -0.2) is 8.78 Å². The van der Waals surface area contributed by atoms with Crippen LogP contribution in [0.3, 0.4) is 0 Å². The van der Waals surface area contributed by atoms with E-state index in [2.05, 4.69) is 0 Å². The summed E-state index contributed by atoms with van der Waals surface area (Å²) >= 11 is 5.41. The molecule has 2 N–H and O–H groups in total. The maximum absolute atomic E-state index is 13.2. The van der Waals surface area contributed by atoms with Gasteiger partial charge in [0.1, 0.15) is 11.6 Å². The molecule has 0 aliphatic carbocycles. The van der Waals surface area contributed by atoms with Crippen LogP contribution in [0.15, 0.2) is 12.1 Å². The van der Waals surface area contributed by atoms with Crippen molar-refractivity contribution in [3.63, 3.8) is 0 Å². The molecule has 15 heavy (non-hydrogen) atoms. The Labute approximate surface area is 96.8 Å². The third kappa shape index (κ3) is 3.55. The summed E-state index contributed by atoms with van der Waals surface area (Å²) in [6.45, 7) is -0.720. The molecular weight excluding hydrogens is 250 g/mol. The van der Waals surface area contributed by atoms with Gasteiger partial charge in [0.15, 0.2) is 0 Å². The van der Waals surface area contributed by atoms with E-state index in [0.717, 1.165) is 12.1 Å². The molecule has 1 aromatic carbocycles. The van der Waals surface area contributed by atoms with Gasteiger partial charge in [0, 0.05) is 16.6 Å². The largest absolute Gasteiger partial charge is 0.324 e. The molecule has 0 radical (unpaired) electrons. The Morgan fingerprint density at radius 3 is 2.13 bits per heavy atom. The summed E-state index contributed by atoms with van der Waals surface area (Å²) in [6, 6.07) is 0.938. The van der Waals surface area contributed by atoms with Crippen molar-refractivity contribution in [3.05, 3.63) is 34.4 Å². The zero-order valence-corrected chi connectivity index (χ0v) is 9.22. The second-order valence-corrected chi connectivity index (χ2v) is 3.30. The maximum atomic E-state index is 13.2. The van der Waals surface area contributed by atoms with Gasteiger partial charge in [-0.3, -0.25) is 4.39 Å². The zero-order valence-electron chi connectivity index (χ0n) is 7.64. The predicted octanol–water partition coefficient (Wildman–Crippen LogP) is 3.40. The Morgan fingerprint density at radius 2 is 1.73 bits per heavy atom. The van der Waals surface area contributed by atoms with Crippen LogP contribution in [0.2, 0.25) is 5.02 Å². The van der Waals surface area contributed by atoms with E-state index in [1.807, 2.05) is 0 Å². The minimum atomic E-state index is -0.975. The molecule has 86 valence electrons. The standard InChI is InChI=1S/C9H9ClF3N.ClH/c10-5-3-6(12)9(7(13)4-5)8(14)1-2-11;/h3-4,8H,1-2,14H2;1H/t8-;/m1./s1. The summed E-state index contributed by atoms with van der Waals surface area (Å²) in [5.41, 5.74) is 5.08. The lowest BCUT2D eigenvalue weighted by Gasteiger charge is -2.12. The topological polar surface area (TPSA) is 26.0 Å². The van der Waals surface area contributed by atoms with Gasteiger partial charge in [0.2, 0.25) is 0 Å². The summed E-state index contributed by atoms with van der Waals surface area (Å²) in [5.74, 6) is -1.67. The minimum Gasteiger partial charge on any atom is -0.324 e. The van der Waals surface area contributed by atoms with Gasteiger partial charge in [-0.2, -0.15) is 0 Å². The van der Waals surface area contributed by atoms with Gasteiger partial charge in [0.05, 0.1) is 6.67 Å². The van der Waals surface area contributed by atoms with Gasteiger partial charge < -0.3 is 5.73 Å². The summed E-state index contributed by atoms with van der Waals surface area (Å²) in [4.78, 5) is 0. The number of hydrogen-bond donors (Lipinski definition) is 1. The number of rotatable bonds is 3. The molecule has 0 amide bonds. The van der Waals surface area contributed by atoms with Crippen LogP contribution in [0.25, 0.3) is 0 Å². The van der Waals surface area contributed by atoms with E-state index in [1.165, 1.54) is 0 Å². The first-order valence-electron chi connectivity index (χ1n) is 4.02. The molecule has 0 heterocycles. The average molecular weight is 260 g/mol. The molecule has 1 aromatic rings. The highest BCUT2D eigenvalue weighted by Gasteiger charge is 2.17. The zero-order chi connectivity index (χ0) is 10.7. The van der Waals surface area contributed by atoms with Crippen LogP contribution in [-0.4, -0.2) is 6.67 Å². The van der Waals surface area contributed by atoms with E-state index in [4.69, 9.17) is 17.3 Å². The minimum absolute atomic E-state index is 0. The quantitative estimate of drug-likeness (QED) is 0.885. The average Bonchev–Trinajstić information content (AvgIpc) is 2.01. The van der Waals surface area contributed by atoms with Crippen molar-refractivity contribution in [3.8, 4) is 0 Å². The SMILES string of the molecule is Cl.N[C@H](CCF)c1c(F)cc(Cl)cc1F. The molecule has 0 saturated heterocycles. The second kappa shape index (κ2) is 6.20. The fourth-order valence-electron chi connectivity index (χ4n) is 1.17. The lowest BCUT2D eigenvalue weighted by Crippen LogP contribution is -2.15. The van der Waals surface area contributed by atoms with Crippen LogP contribution in [-0.2, 0) is 0 Å². The van der Waals surface area contributed by atoms with Crippen LogP contribution in [0.5, 0.6) is 0 Å².